The van der Waals surface area contributed by atoms with Crippen molar-refractivity contribution >= 4 is 23.4 Å². The zero-order chi connectivity index (χ0) is 18.9. The van der Waals surface area contributed by atoms with E-state index in [-0.39, 0.29) is 12.4 Å². The molecule has 0 saturated heterocycles. The lowest BCUT2D eigenvalue weighted by Gasteiger charge is -2.10. The molecular weight excluding hydrogens is 360 g/mol. The largest absolute Gasteiger partial charge is 0.496 e. The number of carbonyl (C=O) groups excluding carboxylic acids is 1. The van der Waals surface area contributed by atoms with Gasteiger partial charge in [-0.25, -0.2) is 4.79 Å². The van der Waals surface area contributed by atoms with Crippen molar-refractivity contribution in [3.05, 3.63) is 58.6 Å². The third-order valence-corrected chi connectivity index (χ3v) is 3.71. The fourth-order valence-corrected chi connectivity index (χ4v) is 2.17. The number of amides is 1. The van der Waals surface area contributed by atoms with Crippen LogP contribution in [0.2, 0.25) is 5.02 Å². The van der Waals surface area contributed by atoms with Gasteiger partial charge in [0.1, 0.15) is 12.4 Å². The zero-order valence-electron chi connectivity index (χ0n) is 14.6. The Labute approximate surface area is 156 Å². The van der Waals surface area contributed by atoms with Crippen molar-refractivity contribution in [3.8, 4) is 11.5 Å². The van der Waals surface area contributed by atoms with Crippen LogP contribution in [0.15, 0.2) is 47.6 Å². The first-order chi connectivity index (χ1) is 12.5. The third kappa shape index (κ3) is 5.29. The van der Waals surface area contributed by atoms with E-state index in [1.54, 1.807) is 32.2 Å². The van der Waals surface area contributed by atoms with Gasteiger partial charge in [0.25, 0.3) is 0 Å². The summed E-state index contributed by atoms with van der Waals surface area (Å²) in [5.74, 6) is 0.991. The van der Waals surface area contributed by atoms with Crippen LogP contribution < -0.4 is 15.1 Å². The molecule has 0 fully saturated rings. The highest BCUT2D eigenvalue weighted by Crippen LogP contribution is 2.25. The lowest BCUT2D eigenvalue weighted by Crippen LogP contribution is -2.26. The molecule has 0 bridgehead atoms. The Morgan fingerprint density at radius 3 is 2.65 bits per heavy atom. The van der Waals surface area contributed by atoms with Crippen LogP contribution in [0.5, 0.6) is 11.5 Å². The number of hydroxylamine groups is 1. The molecule has 2 aromatic carbocycles. The molecule has 0 aliphatic rings. The molecule has 138 valence electrons. The molecule has 1 N–H and O–H groups in total. The first-order valence-electron chi connectivity index (χ1n) is 7.64. The van der Waals surface area contributed by atoms with E-state index < -0.39 is 6.09 Å². The second kappa shape index (κ2) is 9.53. The van der Waals surface area contributed by atoms with Gasteiger partial charge in [0, 0.05) is 11.1 Å². The Hall–Kier alpha value is -2.93. The molecule has 2 aromatic rings. The number of ether oxygens (including phenoxy) is 2. The maximum absolute atomic E-state index is 11.1. The summed E-state index contributed by atoms with van der Waals surface area (Å²) in [6, 6.07) is 12.6. The zero-order valence-corrected chi connectivity index (χ0v) is 15.4. The van der Waals surface area contributed by atoms with E-state index in [4.69, 9.17) is 26.0 Å². The Morgan fingerprint density at radius 2 is 1.92 bits per heavy atom. The quantitative estimate of drug-likeness (QED) is 0.583. The Bertz CT molecular complexity index is 795. The lowest BCUT2D eigenvalue weighted by molar-refractivity contribution is 0.118. The average molecular weight is 379 g/mol. The number of hydrogen-bond acceptors (Lipinski definition) is 6. The van der Waals surface area contributed by atoms with Gasteiger partial charge in [-0.2, -0.15) is 5.48 Å². The van der Waals surface area contributed by atoms with Gasteiger partial charge in [-0.3, -0.25) is 0 Å². The van der Waals surface area contributed by atoms with Gasteiger partial charge in [0.05, 0.1) is 25.0 Å². The number of nitrogens with zero attached hydrogens (tertiary/aromatic N) is 1. The minimum absolute atomic E-state index is 0.258. The third-order valence-electron chi connectivity index (χ3n) is 3.39. The molecule has 0 aliphatic carbocycles. The van der Waals surface area contributed by atoms with E-state index in [9.17, 15) is 4.79 Å². The monoisotopic (exact) mass is 378 g/mol. The number of benzene rings is 2. The molecule has 0 unspecified atom stereocenters. The molecule has 2 rings (SSSR count). The smallest absolute Gasteiger partial charge is 0.440 e. The minimum atomic E-state index is -0.739. The first kappa shape index (κ1) is 19.4. The van der Waals surface area contributed by atoms with Crippen LogP contribution in [0.4, 0.5) is 4.79 Å². The molecule has 8 heteroatoms. The second-order valence-corrected chi connectivity index (χ2v) is 5.51. The average Bonchev–Trinajstić information content (AvgIpc) is 2.67. The fourth-order valence-electron chi connectivity index (χ4n) is 2.02. The number of para-hydroxylation sites is 1. The number of oxime groups is 1. The Kier molecular flexibility index (Phi) is 7.11. The van der Waals surface area contributed by atoms with Gasteiger partial charge in [-0.15, -0.1) is 0 Å². The van der Waals surface area contributed by atoms with Gasteiger partial charge in [0.2, 0.25) is 0 Å². The molecule has 0 aromatic heterocycles. The SMILES string of the molecule is COC(=O)NOc1cc(/C(C)=N/OCc2ccccc2OC)ccc1Cl. The van der Waals surface area contributed by atoms with Crippen molar-refractivity contribution in [1.29, 1.82) is 0 Å². The summed E-state index contributed by atoms with van der Waals surface area (Å²) < 4.78 is 9.70. The number of hydrogen-bond donors (Lipinski definition) is 1. The van der Waals surface area contributed by atoms with Crippen molar-refractivity contribution < 1.29 is 23.9 Å². The topological polar surface area (TPSA) is 78.4 Å². The van der Waals surface area contributed by atoms with Crippen LogP contribution in [-0.4, -0.2) is 26.0 Å². The van der Waals surface area contributed by atoms with E-state index >= 15 is 0 Å². The van der Waals surface area contributed by atoms with Gasteiger partial charge in [-0.1, -0.05) is 41.0 Å². The fraction of sp³-hybridized carbons (Fsp3) is 0.222. The van der Waals surface area contributed by atoms with Crippen LogP contribution >= 0.6 is 11.6 Å². The van der Waals surface area contributed by atoms with E-state index in [0.29, 0.717) is 10.7 Å². The number of carbonyl (C=O) groups is 1. The molecule has 7 nitrogen and oxygen atoms in total. The van der Waals surface area contributed by atoms with E-state index in [1.165, 1.54) is 7.11 Å². The summed E-state index contributed by atoms with van der Waals surface area (Å²) in [6.07, 6.45) is -0.739. The summed E-state index contributed by atoms with van der Waals surface area (Å²) in [5.41, 5.74) is 4.31. The molecular formula is C18H19ClN2O5. The van der Waals surface area contributed by atoms with E-state index in [1.807, 2.05) is 24.3 Å². The van der Waals surface area contributed by atoms with Crippen LogP contribution in [0.3, 0.4) is 0 Å². The molecule has 26 heavy (non-hydrogen) atoms. The van der Waals surface area contributed by atoms with Gasteiger partial charge in [0.15, 0.2) is 5.75 Å². The highest BCUT2D eigenvalue weighted by molar-refractivity contribution is 6.32. The molecule has 0 radical (unpaired) electrons. The number of methoxy groups -OCH3 is 2. The summed E-state index contributed by atoms with van der Waals surface area (Å²) in [6.45, 7) is 2.05. The second-order valence-electron chi connectivity index (χ2n) is 5.10. The number of halogens is 1. The molecule has 0 aliphatic heterocycles. The van der Waals surface area contributed by atoms with Gasteiger partial charge < -0.3 is 19.1 Å². The predicted octanol–water partition coefficient (Wildman–Crippen LogP) is 3.94. The van der Waals surface area contributed by atoms with Crippen LogP contribution in [0, 0.1) is 0 Å². The maximum Gasteiger partial charge on any atom is 0.440 e. The molecule has 0 saturated carbocycles. The first-order valence-corrected chi connectivity index (χ1v) is 8.02. The van der Waals surface area contributed by atoms with Crippen molar-refractivity contribution in [2.75, 3.05) is 14.2 Å². The number of rotatable bonds is 7. The summed E-state index contributed by atoms with van der Waals surface area (Å²) in [5, 5.41) is 4.42. The van der Waals surface area contributed by atoms with Crippen molar-refractivity contribution in [1.82, 2.24) is 5.48 Å². The molecule has 0 spiro atoms. The molecule has 0 heterocycles. The summed E-state index contributed by atoms with van der Waals surface area (Å²) >= 11 is 6.04. The lowest BCUT2D eigenvalue weighted by atomic mass is 10.1. The van der Waals surface area contributed by atoms with Gasteiger partial charge >= 0.3 is 6.09 Å². The van der Waals surface area contributed by atoms with Crippen LogP contribution in [-0.2, 0) is 16.2 Å². The maximum atomic E-state index is 11.1. The minimum Gasteiger partial charge on any atom is -0.496 e. The normalized spacial score (nSPS) is 10.8. The standard InChI is InChI=1S/C18H19ClN2O5/c1-12(20-25-11-14-6-4-5-7-16(14)23-2)13-8-9-15(19)17(10-13)26-21-18(22)24-3/h4-10H,11H2,1-3H3,(H,21,22)/b20-12+. The molecule has 0 atom stereocenters. The number of nitrogens with one attached hydrogen (secondary N) is 1. The van der Waals surface area contributed by atoms with Gasteiger partial charge in [-0.05, 0) is 25.1 Å². The Morgan fingerprint density at radius 1 is 1.15 bits per heavy atom. The highest BCUT2D eigenvalue weighted by Gasteiger charge is 2.09. The van der Waals surface area contributed by atoms with Crippen LogP contribution in [0.1, 0.15) is 18.1 Å². The van der Waals surface area contributed by atoms with Crippen molar-refractivity contribution in [3.63, 3.8) is 0 Å². The highest BCUT2D eigenvalue weighted by atomic mass is 35.5. The Balaban J connectivity index is 2.05. The van der Waals surface area contributed by atoms with Crippen molar-refractivity contribution in [2.24, 2.45) is 5.16 Å². The summed E-state index contributed by atoms with van der Waals surface area (Å²) in [4.78, 5) is 21.6. The van der Waals surface area contributed by atoms with Crippen LogP contribution in [0.25, 0.3) is 0 Å². The molecule has 1 amide bonds. The summed E-state index contributed by atoms with van der Waals surface area (Å²) in [7, 11) is 2.83. The van der Waals surface area contributed by atoms with Crippen molar-refractivity contribution in [2.45, 2.75) is 13.5 Å². The van der Waals surface area contributed by atoms with E-state index in [0.717, 1.165) is 16.9 Å². The van der Waals surface area contributed by atoms with E-state index in [2.05, 4.69) is 15.4 Å². The predicted molar refractivity (Wildman–Crippen MR) is 97.6 cm³/mol.